The molecule has 0 rings (SSSR count). The van der Waals surface area contributed by atoms with Crippen molar-refractivity contribution in [3.8, 4) is 6.07 Å². The van der Waals surface area contributed by atoms with E-state index >= 15 is 0 Å². The zero-order chi connectivity index (χ0) is 12.8. The van der Waals surface area contributed by atoms with Crippen LogP contribution in [0.4, 0.5) is 0 Å². The van der Waals surface area contributed by atoms with E-state index in [0.717, 1.165) is 6.42 Å². The number of nitriles is 1. The molecule has 0 saturated heterocycles. The minimum Gasteiger partial charge on any atom is -0.396 e. The number of rotatable bonds is 7. The van der Waals surface area contributed by atoms with Gasteiger partial charge in [0, 0.05) is 13.2 Å². The van der Waals surface area contributed by atoms with Crippen molar-refractivity contribution in [1.82, 2.24) is 4.72 Å². The van der Waals surface area contributed by atoms with Gasteiger partial charge in [-0.3, -0.25) is 0 Å². The SMILES string of the molecule is CC(C#N)S(=O)(=O)NCC(C)(C)CCCO. The van der Waals surface area contributed by atoms with E-state index in [4.69, 9.17) is 10.4 Å². The summed E-state index contributed by atoms with van der Waals surface area (Å²) >= 11 is 0. The Labute approximate surface area is 97.5 Å². The highest BCUT2D eigenvalue weighted by Gasteiger charge is 2.24. The highest BCUT2D eigenvalue weighted by atomic mass is 32.2. The van der Waals surface area contributed by atoms with Crippen molar-refractivity contribution in [2.24, 2.45) is 5.41 Å². The lowest BCUT2D eigenvalue weighted by molar-refractivity contribution is 0.242. The fraction of sp³-hybridized carbons (Fsp3) is 0.900. The lowest BCUT2D eigenvalue weighted by Gasteiger charge is -2.24. The van der Waals surface area contributed by atoms with Crippen LogP contribution in [0.1, 0.15) is 33.6 Å². The smallest absolute Gasteiger partial charge is 0.227 e. The Morgan fingerprint density at radius 1 is 1.50 bits per heavy atom. The van der Waals surface area contributed by atoms with E-state index in [0.29, 0.717) is 6.42 Å². The summed E-state index contributed by atoms with van der Waals surface area (Å²) in [5.41, 5.74) is -0.217. The molecule has 94 valence electrons. The molecular formula is C10H20N2O3S. The van der Waals surface area contributed by atoms with E-state index < -0.39 is 15.3 Å². The Morgan fingerprint density at radius 3 is 2.50 bits per heavy atom. The molecule has 0 fully saturated rings. The first-order chi connectivity index (χ1) is 7.25. The molecule has 2 N–H and O–H groups in total. The lowest BCUT2D eigenvalue weighted by atomic mass is 9.88. The van der Waals surface area contributed by atoms with E-state index in [1.165, 1.54) is 6.92 Å². The molecule has 0 saturated carbocycles. The van der Waals surface area contributed by atoms with Crippen LogP contribution in [0.3, 0.4) is 0 Å². The van der Waals surface area contributed by atoms with Gasteiger partial charge in [0.1, 0.15) is 0 Å². The van der Waals surface area contributed by atoms with Gasteiger partial charge in [-0.1, -0.05) is 13.8 Å². The largest absolute Gasteiger partial charge is 0.396 e. The third kappa shape index (κ3) is 5.45. The lowest BCUT2D eigenvalue weighted by Crippen LogP contribution is -2.38. The van der Waals surface area contributed by atoms with Gasteiger partial charge in [-0.05, 0) is 25.2 Å². The molecule has 5 nitrogen and oxygen atoms in total. The van der Waals surface area contributed by atoms with Crippen LogP contribution in [0.15, 0.2) is 0 Å². The monoisotopic (exact) mass is 248 g/mol. The number of aliphatic hydroxyl groups excluding tert-OH is 1. The van der Waals surface area contributed by atoms with Crippen molar-refractivity contribution >= 4 is 10.0 Å². The first kappa shape index (κ1) is 15.4. The molecule has 0 bridgehead atoms. The molecule has 0 aliphatic rings. The second kappa shape index (κ2) is 6.18. The van der Waals surface area contributed by atoms with E-state index in [-0.39, 0.29) is 18.6 Å². The summed E-state index contributed by atoms with van der Waals surface area (Å²) in [6, 6.07) is 1.69. The fourth-order valence-corrected chi connectivity index (χ4v) is 2.12. The van der Waals surface area contributed by atoms with Crippen LogP contribution < -0.4 is 4.72 Å². The van der Waals surface area contributed by atoms with E-state index in [1.807, 2.05) is 13.8 Å². The Balaban J connectivity index is 4.29. The highest BCUT2D eigenvalue weighted by Crippen LogP contribution is 2.21. The van der Waals surface area contributed by atoms with Crippen molar-refractivity contribution in [3.05, 3.63) is 0 Å². The Morgan fingerprint density at radius 2 is 2.06 bits per heavy atom. The molecule has 0 amide bonds. The topological polar surface area (TPSA) is 90.2 Å². The summed E-state index contributed by atoms with van der Waals surface area (Å²) in [5, 5.41) is 16.2. The molecule has 0 aromatic heterocycles. The molecule has 1 atom stereocenters. The van der Waals surface area contributed by atoms with Crippen molar-refractivity contribution in [2.45, 2.75) is 38.9 Å². The van der Waals surface area contributed by atoms with Crippen molar-refractivity contribution in [2.75, 3.05) is 13.2 Å². The molecule has 0 heterocycles. The van der Waals surface area contributed by atoms with Gasteiger partial charge >= 0.3 is 0 Å². The van der Waals surface area contributed by atoms with Crippen LogP contribution in [0, 0.1) is 16.7 Å². The maximum absolute atomic E-state index is 11.5. The fourth-order valence-electron chi connectivity index (χ4n) is 1.14. The third-order valence-corrected chi connectivity index (χ3v) is 3.99. The normalized spacial score (nSPS) is 14.4. The molecule has 16 heavy (non-hydrogen) atoms. The maximum atomic E-state index is 11.5. The van der Waals surface area contributed by atoms with Gasteiger partial charge in [0.25, 0.3) is 0 Å². The zero-order valence-electron chi connectivity index (χ0n) is 10.0. The number of nitrogens with zero attached hydrogens (tertiary/aromatic N) is 1. The quantitative estimate of drug-likeness (QED) is 0.691. The van der Waals surface area contributed by atoms with Gasteiger partial charge in [-0.15, -0.1) is 0 Å². The molecule has 1 unspecified atom stereocenters. The van der Waals surface area contributed by atoms with Crippen LogP contribution in [0.25, 0.3) is 0 Å². The average Bonchev–Trinajstić information content (AvgIpc) is 2.23. The van der Waals surface area contributed by atoms with E-state index in [1.54, 1.807) is 6.07 Å². The maximum Gasteiger partial charge on any atom is 0.227 e. The van der Waals surface area contributed by atoms with Crippen molar-refractivity contribution < 1.29 is 13.5 Å². The molecule has 0 aliphatic carbocycles. The van der Waals surface area contributed by atoms with Crippen LogP contribution in [-0.2, 0) is 10.0 Å². The number of sulfonamides is 1. The number of aliphatic hydroxyl groups is 1. The van der Waals surface area contributed by atoms with Crippen LogP contribution in [-0.4, -0.2) is 31.9 Å². The first-order valence-corrected chi connectivity index (χ1v) is 6.79. The minimum absolute atomic E-state index is 0.102. The van der Waals surface area contributed by atoms with Crippen LogP contribution >= 0.6 is 0 Å². The van der Waals surface area contributed by atoms with Crippen molar-refractivity contribution in [1.29, 1.82) is 5.26 Å². The van der Waals surface area contributed by atoms with Gasteiger partial charge in [0.2, 0.25) is 10.0 Å². The van der Waals surface area contributed by atoms with Gasteiger partial charge in [0.05, 0.1) is 6.07 Å². The van der Waals surface area contributed by atoms with E-state index in [9.17, 15) is 8.42 Å². The standard InChI is InChI=1S/C10H20N2O3S/c1-9(7-11)16(14,15)12-8-10(2,3)5-4-6-13/h9,12-13H,4-6,8H2,1-3H3. The average molecular weight is 248 g/mol. The number of nitrogens with one attached hydrogen (secondary N) is 1. The second-order valence-electron chi connectivity index (χ2n) is 4.63. The Kier molecular flexibility index (Phi) is 5.94. The molecule has 0 aromatic carbocycles. The van der Waals surface area contributed by atoms with Crippen molar-refractivity contribution in [3.63, 3.8) is 0 Å². The summed E-state index contributed by atoms with van der Waals surface area (Å²) < 4.78 is 25.4. The van der Waals surface area contributed by atoms with Gasteiger partial charge < -0.3 is 5.11 Å². The molecule has 0 radical (unpaired) electrons. The van der Waals surface area contributed by atoms with Crippen LogP contribution in [0.2, 0.25) is 0 Å². The van der Waals surface area contributed by atoms with E-state index in [2.05, 4.69) is 4.72 Å². The summed E-state index contributed by atoms with van der Waals surface area (Å²) in [5.74, 6) is 0. The molecular weight excluding hydrogens is 228 g/mol. The van der Waals surface area contributed by atoms with Crippen LogP contribution in [0.5, 0.6) is 0 Å². The molecule has 0 aliphatic heterocycles. The highest BCUT2D eigenvalue weighted by molar-refractivity contribution is 7.90. The number of hydrogen-bond acceptors (Lipinski definition) is 4. The predicted molar refractivity (Wildman–Crippen MR) is 62.1 cm³/mol. The summed E-state index contributed by atoms with van der Waals surface area (Å²) in [6.45, 7) is 5.57. The zero-order valence-corrected chi connectivity index (χ0v) is 10.8. The van der Waals surface area contributed by atoms with Gasteiger partial charge in [0.15, 0.2) is 5.25 Å². The predicted octanol–water partition coefficient (Wildman–Crippen LogP) is 0.617. The molecule has 6 heteroatoms. The Hall–Kier alpha value is -0.640. The minimum atomic E-state index is -3.54. The summed E-state index contributed by atoms with van der Waals surface area (Å²) in [7, 11) is -3.54. The second-order valence-corrected chi connectivity index (χ2v) is 6.71. The number of hydrogen-bond donors (Lipinski definition) is 2. The molecule has 0 aromatic rings. The Bertz CT molecular complexity index is 344. The third-order valence-electron chi connectivity index (χ3n) is 2.41. The van der Waals surface area contributed by atoms with Gasteiger partial charge in [-0.25, -0.2) is 13.1 Å². The summed E-state index contributed by atoms with van der Waals surface area (Å²) in [6.07, 6.45) is 1.37. The summed E-state index contributed by atoms with van der Waals surface area (Å²) in [4.78, 5) is 0. The molecule has 0 spiro atoms. The van der Waals surface area contributed by atoms with Gasteiger partial charge in [-0.2, -0.15) is 5.26 Å². The first-order valence-electron chi connectivity index (χ1n) is 5.24.